The van der Waals surface area contributed by atoms with Crippen molar-refractivity contribution in [3.05, 3.63) is 77.8 Å². The molecule has 0 aliphatic rings. The fraction of sp³-hybridized carbons (Fsp3) is 0.231. The van der Waals surface area contributed by atoms with Crippen LogP contribution in [0.5, 0.6) is 0 Å². The Labute approximate surface area is 214 Å². The van der Waals surface area contributed by atoms with Gasteiger partial charge in [0.2, 0.25) is 11.7 Å². The van der Waals surface area contributed by atoms with Crippen LogP contribution in [0.25, 0.3) is 22.5 Å². The van der Waals surface area contributed by atoms with E-state index in [-0.39, 0.29) is 17.1 Å². The Morgan fingerprint density at radius 3 is 2.21 bits per heavy atom. The average Bonchev–Trinajstić information content (AvgIpc) is 3.31. The molecule has 0 saturated heterocycles. The van der Waals surface area contributed by atoms with E-state index in [4.69, 9.17) is 4.52 Å². The van der Waals surface area contributed by atoms with Crippen molar-refractivity contribution in [2.24, 2.45) is 0 Å². The second-order valence-corrected chi connectivity index (χ2v) is 8.55. The van der Waals surface area contributed by atoms with Crippen LogP contribution in [0.2, 0.25) is 0 Å². The van der Waals surface area contributed by atoms with E-state index < -0.39 is 24.0 Å². The summed E-state index contributed by atoms with van der Waals surface area (Å²) in [5.74, 6) is -7.21. The first-order valence-electron chi connectivity index (χ1n) is 11.4. The smallest absolute Gasteiger partial charge is 0.362 e. The van der Waals surface area contributed by atoms with Crippen molar-refractivity contribution in [2.75, 3.05) is 10.6 Å². The SMILES string of the molecule is Cc1nc(-c2ccccc2-c2ccc(C(C)Nc3nccc(C)c3NC(=O)C(F)(F)C(F)(F)F)cc2)no1. The van der Waals surface area contributed by atoms with Gasteiger partial charge in [0, 0.05) is 18.7 Å². The standard InChI is InChI=1S/C26H22F5N5O2/c1-14-12-13-32-23(21(14)35-24(37)25(27,28)26(29,30)31)33-15(2)17-8-10-18(11-9-17)19-6-4-5-7-20(19)22-34-16(3)38-36-22/h4-13,15H,1-3H3,(H,32,33)(H,35,37). The van der Waals surface area contributed by atoms with E-state index in [1.807, 2.05) is 48.5 Å². The number of carbonyl (C=O) groups is 1. The molecule has 198 valence electrons. The van der Waals surface area contributed by atoms with E-state index in [0.717, 1.165) is 22.3 Å². The number of hydrogen-bond donors (Lipinski definition) is 2. The Balaban J connectivity index is 1.56. The quantitative estimate of drug-likeness (QED) is 0.257. The number of hydrogen-bond acceptors (Lipinski definition) is 6. The molecule has 0 aliphatic carbocycles. The second kappa shape index (κ2) is 10.2. The zero-order valence-corrected chi connectivity index (χ0v) is 20.4. The number of rotatable bonds is 7. The second-order valence-electron chi connectivity index (χ2n) is 8.55. The van der Waals surface area contributed by atoms with Gasteiger partial charge in [-0.3, -0.25) is 4.79 Å². The highest BCUT2D eigenvalue weighted by atomic mass is 19.4. The Morgan fingerprint density at radius 2 is 1.61 bits per heavy atom. The average molecular weight is 531 g/mol. The van der Waals surface area contributed by atoms with Crippen LogP contribution in [0.1, 0.15) is 30.0 Å². The number of carbonyl (C=O) groups excluding carboxylic acids is 1. The number of anilines is 2. The number of aryl methyl sites for hydroxylation is 2. The molecule has 0 bridgehead atoms. The number of nitrogens with one attached hydrogen (secondary N) is 2. The first-order valence-corrected chi connectivity index (χ1v) is 11.4. The minimum absolute atomic E-state index is 0.0503. The highest BCUT2D eigenvalue weighted by Crippen LogP contribution is 2.38. The predicted octanol–water partition coefficient (Wildman–Crippen LogP) is 6.72. The number of pyridine rings is 1. The molecular formula is C26H22F5N5O2. The molecule has 0 saturated carbocycles. The molecule has 12 heteroatoms. The molecule has 0 radical (unpaired) electrons. The van der Waals surface area contributed by atoms with Crippen LogP contribution in [0.15, 0.2) is 65.3 Å². The van der Waals surface area contributed by atoms with E-state index in [1.54, 1.807) is 19.2 Å². The summed E-state index contributed by atoms with van der Waals surface area (Å²) >= 11 is 0. The normalized spacial score (nSPS) is 12.7. The van der Waals surface area contributed by atoms with Crippen LogP contribution in [-0.2, 0) is 4.79 Å². The lowest BCUT2D eigenvalue weighted by atomic mass is 9.97. The fourth-order valence-electron chi connectivity index (χ4n) is 3.72. The van der Waals surface area contributed by atoms with E-state index in [0.29, 0.717) is 11.7 Å². The number of halogens is 5. The summed E-state index contributed by atoms with van der Waals surface area (Å²) in [6, 6.07) is 15.9. The van der Waals surface area contributed by atoms with Gasteiger partial charge in [-0.2, -0.15) is 26.9 Å². The maximum absolute atomic E-state index is 13.5. The van der Waals surface area contributed by atoms with Gasteiger partial charge in [-0.25, -0.2) is 4.98 Å². The van der Waals surface area contributed by atoms with Gasteiger partial charge in [0.05, 0.1) is 11.7 Å². The minimum Gasteiger partial charge on any atom is -0.362 e. The highest BCUT2D eigenvalue weighted by Gasteiger charge is 2.63. The number of amides is 1. The van der Waals surface area contributed by atoms with E-state index in [2.05, 4.69) is 20.4 Å². The molecule has 2 N–H and O–H groups in total. The van der Waals surface area contributed by atoms with Gasteiger partial charge in [0.15, 0.2) is 5.82 Å². The summed E-state index contributed by atoms with van der Waals surface area (Å²) in [5.41, 5.74) is 3.27. The van der Waals surface area contributed by atoms with Crippen LogP contribution in [0, 0.1) is 13.8 Å². The number of alkyl halides is 5. The van der Waals surface area contributed by atoms with Gasteiger partial charge >= 0.3 is 18.0 Å². The first-order chi connectivity index (χ1) is 17.9. The molecule has 1 atom stereocenters. The van der Waals surface area contributed by atoms with Crippen molar-refractivity contribution < 1.29 is 31.3 Å². The van der Waals surface area contributed by atoms with Gasteiger partial charge in [0.1, 0.15) is 0 Å². The van der Waals surface area contributed by atoms with Crippen LogP contribution in [0.4, 0.5) is 33.5 Å². The van der Waals surface area contributed by atoms with Crippen LogP contribution in [0.3, 0.4) is 0 Å². The van der Waals surface area contributed by atoms with Gasteiger partial charge in [-0.15, -0.1) is 0 Å². The van der Waals surface area contributed by atoms with Crippen molar-refractivity contribution in [3.63, 3.8) is 0 Å². The van der Waals surface area contributed by atoms with Crippen molar-refractivity contribution in [1.29, 1.82) is 0 Å². The molecule has 0 spiro atoms. The zero-order valence-electron chi connectivity index (χ0n) is 20.4. The molecule has 2 aromatic heterocycles. The molecule has 2 heterocycles. The van der Waals surface area contributed by atoms with Gasteiger partial charge in [-0.05, 0) is 42.2 Å². The summed E-state index contributed by atoms with van der Waals surface area (Å²) in [7, 11) is 0. The zero-order chi connectivity index (χ0) is 27.7. The highest BCUT2D eigenvalue weighted by molar-refractivity contribution is 5.99. The third kappa shape index (κ3) is 5.34. The maximum atomic E-state index is 13.5. The van der Waals surface area contributed by atoms with Crippen LogP contribution < -0.4 is 10.6 Å². The number of aromatic nitrogens is 3. The molecule has 4 rings (SSSR count). The number of benzene rings is 2. The van der Waals surface area contributed by atoms with Crippen molar-refractivity contribution in [3.8, 4) is 22.5 Å². The molecule has 7 nitrogen and oxygen atoms in total. The van der Waals surface area contributed by atoms with Crippen molar-refractivity contribution in [1.82, 2.24) is 15.1 Å². The van der Waals surface area contributed by atoms with Gasteiger partial charge < -0.3 is 15.2 Å². The van der Waals surface area contributed by atoms with E-state index >= 15 is 0 Å². The third-order valence-electron chi connectivity index (χ3n) is 5.81. The number of nitrogens with zero attached hydrogens (tertiary/aromatic N) is 3. The summed E-state index contributed by atoms with van der Waals surface area (Å²) in [5, 5.41) is 8.65. The van der Waals surface area contributed by atoms with E-state index in [9.17, 15) is 26.7 Å². The third-order valence-corrected chi connectivity index (χ3v) is 5.81. The molecule has 1 amide bonds. The van der Waals surface area contributed by atoms with Gasteiger partial charge in [0.25, 0.3) is 0 Å². The van der Waals surface area contributed by atoms with Crippen molar-refractivity contribution >= 4 is 17.4 Å². The molecule has 0 fully saturated rings. The Morgan fingerprint density at radius 1 is 0.947 bits per heavy atom. The predicted molar refractivity (Wildman–Crippen MR) is 131 cm³/mol. The molecule has 0 aliphatic heterocycles. The molecule has 2 aromatic carbocycles. The topological polar surface area (TPSA) is 92.9 Å². The summed E-state index contributed by atoms with van der Waals surface area (Å²) in [6.07, 6.45) is -4.68. The molecule has 1 unspecified atom stereocenters. The molecule has 4 aromatic rings. The van der Waals surface area contributed by atoms with Crippen molar-refractivity contribution in [2.45, 2.75) is 38.9 Å². The maximum Gasteiger partial charge on any atom is 0.463 e. The largest absolute Gasteiger partial charge is 0.463 e. The molecular weight excluding hydrogens is 509 g/mol. The fourth-order valence-corrected chi connectivity index (χ4v) is 3.72. The lowest BCUT2D eigenvalue weighted by molar-refractivity contribution is -0.267. The Bertz CT molecular complexity index is 1450. The summed E-state index contributed by atoms with van der Waals surface area (Å²) in [6.45, 7) is 4.91. The summed E-state index contributed by atoms with van der Waals surface area (Å²) in [4.78, 5) is 20.1. The lowest BCUT2D eigenvalue weighted by Gasteiger charge is -2.22. The van der Waals surface area contributed by atoms with Crippen LogP contribution in [-0.4, -0.2) is 33.1 Å². The summed E-state index contributed by atoms with van der Waals surface area (Å²) < 4.78 is 70.1. The Hall–Kier alpha value is -4.35. The van der Waals surface area contributed by atoms with E-state index in [1.165, 1.54) is 19.2 Å². The van der Waals surface area contributed by atoms with Crippen LogP contribution >= 0.6 is 0 Å². The Kier molecular flexibility index (Phi) is 7.16. The minimum atomic E-state index is -6.03. The first kappa shape index (κ1) is 26.7. The lowest BCUT2D eigenvalue weighted by Crippen LogP contribution is -2.47. The molecule has 38 heavy (non-hydrogen) atoms. The monoisotopic (exact) mass is 531 g/mol. The van der Waals surface area contributed by atoms with Gasteiger partial charge in [-0.1, -0.05) is 53.7 Å².